The summed E-state index contributed by atoms with van der Waals surface area (Å²) in [5, 5.41) is 0. The zero-order valence-corrected chi connectivity index (χ0v) is 15.0. The van der Waals surface area contributed by atoms with Gasteiger partial charge in [0.1, 0.15) is 6.61 Å². The van der Waals surface area contributed by atoms with Crippen molar-refractivity contribution in [1.82, 2.24) is 15.4 Å². The molecule has 0 saturated heterocycles. The number of carbonyl (C=O) groups excluding carboxylic acids is 2. The van der Waals surface area contributed by atoms with E-state index in [9.17, 15) is 9.59 Å². The minimum atomic E-state index is -0.834. The smallest absolute Gasteiger partial charge is 0.283 e. The number of fused-ring (bicyclic) bond motifs is 1. The highest BCUT2D eigenvalue weighted by molar-refractivity contribution is 5.95. The minimum absolute atomic E-state index is 0.0762. The lowest BCUT2D eigenvalue weighted by Gasteiger charge is -2.25. The average molecular weight is 377 g/mol. The van der Waals surface area contributed by atoms with Gasteiger partial charge in [0, 0.05) is 24.5 Å². The van der Waals surface area contributed by atoms with Crippen molar-refractivity contribution in [3.8, 4) is 11.5 Å². The van der Waals surface area contributed by atoms with Crippen molar-refractivity contribution < 1.29 is 19.1 Å². The van der Waals surface area contributed by atoms with Gasteiger partial charge in [0.2, 0.25) is 6.10 Å². The lowest BCUT2D eigenvalue weighted by Crippen LogP contribution is -2.50. The topological polar surface area (TPSA) is 81.6 Å². The van der Waals surface area contributed by atoms with Crippen LogP contribution >= 0.6 is 0 Å². The van der Waals surface area contributed by atoms with E-state index in [1.165, 1.54) is 0 Å². The highest BCUT2D eigenvalue weighted by Crippen LogP contribution is 2.30. The fourth-order valence-electron chi connectivity index (χ4n) is 2.87. The number of benzene rings is 2. The van der Waals surface area contributed by atoms with Gasteiger partial charge in [-0.15, -0.1) is 0 Å². The maximum Gasteiger partial charge on any atom is 0.283 e. The van der Waals surface area contributed by atoms with Crippen LogP contribution in [-0.4, -0.2) is 29.1 Å². The monoisotopic (exact) mass is 377 g/mol. The van der Waals surface area contributed by atoms with E-state index in [1.54, 1.807) is 30.3 Å². The van der Waals surface area contributed by atoms with Crippen LogP contribution in [0.3, 0.4) is 0 Å². The number of aromatic nitrogens is 1. The van der Waals surface area contributed by atoms with Crippen molar-refractivity contribution in [2.75, 3.05) is 6.61 Å². The lowest BCUT2D eigenvalue weighted by atomic mass is 10.1. The van der Waals surface area contributed by atoms with E-state index in [2.05, 4.69) is 10.9 Å². The first kappa shape index (κ1) is 17.7. The van der Waals surface area contributed by atoms with Gasteiger partial charge in [-0.3, -0.25) is 20.4 Å². The Hall–Kier alpha value is -3.74. The van der Waals surface area contributed by atoms with Gasteiger partial charge in [0.15, 0.2) is 11.5 Å². The van der Waals surface area contributed by atoms with E-state index in [1.807, 2.05) is 47.3 Å². The second-order valence-electron chi connectivity index (χ2n) is 6.36. The number of para-hydroxylation sites is 2. The molecular weight excluding hydrogens is 358 g/mol. The molecule has 1 unspecified atom stereocenters. The molecule has 1 atom stereocenters. The number of hydrogen-bond donors (Lipinski definition) is 2. The van der Waals surface area contributed by atoms with Crippen LogP contribution in [0.2, 0.25) is 0 Å². The fourth-order valence-corrected chi connectivity index (χ4v) is 2.87. The van der Waals surface area contributed by atoms with Crippen LogP contribution in [0.1, 0.15) is 15.9 Å². The van der Waals surface area contributed by atoms with Crippen molar-refractivity contribution in [2.45, 2.75) is 12.6 Å². The van der Waals surface area contributed by atoms with Crippen molar-refractivity contribution >= 4 is 11.8 Å². The van der Waals surface area contributed by atoms with E-state index >= 15 is 0 Å². The first-order valence-corrected chi connectivity index (χ1v) is 8.87. The number of amides is 2. The Labute approximate surface area is 161 Å². The molecule has 0 spiro atoms. The Morgan fingerprint density at radius 3 is 2.39 bits per heavy atom. The predicted molar refractivity (Wildman–Crippen MR) is 102 cm³/mol. The number of nitrogens with zero attached hydrogens (tertiary/aromatic N) is 1. The standard InChI is InChI=1S/C21H19N3O4/c25-20(16-9-7-15(8-10-16)13-24-11-3-4-12-24)22-23-21(26)19-14-27-17-5-1-2-6-18(17)28-19/h1-12,19H,13-14H2,(H,22,25)(H,23,26). The summed E-state index contributed by atoms with van der Waals surface area (Å²) in [6.07, 6.45) is 3.12. The molecule has 0 saturated carbocycles. The molecule has 0 aliphatic carbocycles. The Morgan fingerprint density at radius 1 is 0.929 bits per heavy atom. The number of rotatable bonds is 4. The first-order valence-electron chi connectivity index (χ1n) is 8.87. The van der Waals surface area contributed by atoms with E-state index in [4.69, 9.17) is 9.47 Å². The van der Waals surface area contributed by atoms with Gasteiger partial charge in [-0.2, -0.15) is 0 Å². The highest BCUT2D eigenvalue weighted by Gasteiger charge is 2.27. The molecule has 1 aliphatic heterocycles. The molecule has 3 aromatic rings. The molecule has 0 radical (unpaired) electrons. The summed E-state index contributed by atoms with van der Waals surface area (Å²) in [6, 6.07) is 18.2. The van der Waals surface area contributed by atoms with Gasteiger partial charge in [-0.1, -0.05) is 24.3 Å². The van der Waals surface area contributed by atoms with Gasteiger partial charge in [-0.25, -0.2) is 0 Å². The highest BCUT2D eigenvalue weighted by atomic mass is 16.6. The van der Waals surface area contributed by atoms with Crippen LogP contribution in [0.5, 0.6) is 11.5 Å². The van der Waals surface area contributed by atoms with Crippen LogP contribution in [0.4, 0.5) is 0 Å². The van der Waals surface area contributed by atoms with Crippen LogP contribution in [0, 0.1) is 0 Å². The van der Waals surface area contributed by atoms with Gasteiger partial charge in [-0.05, 0) is 42.0 Å². The largest absolute Gasteiger partial charge is 0.485 e. The van der Waals surface area contributed by atoms with Gasteiger partial charge in [0.05, 0.1) is 0 Å². The van der Waals surface area contributed by atoms with Crippen LogP contribution in [0.15, 0.2) is 73.1 Å². The normalized spacial score (nSPS) is 14.9. The molecule has 2 aromatic carbocycles. The van der Waals surface area contributed by atoms with Crippen LogP contribution < -0.4 is 20.3 Å². The quantitative estimate of drug-likeness (QED) is 0.683. The maximum atomic E-state index is 12.3. The van der Waals surface area contributed by atoms with Crippen molar-refractivity contribution in [3.05, 3.63) is 84.2 Å². The zero-order chi connectivity index (χ0) is 19.3. The lowest BCUT2D eigenvalue weighted by molar-refractivity contribution is -0.131. The summed E-state index contributed by atoms with van der Waals surface area (Å²) in [6.45, 7) is 0.804. The minimum Gasteiger partial charge on any atom is -0.485 e. The van der Waals surface area contributed by atoms with Gasteiger partial charge in [0.25, 0.3) is 11.8 Å². The molecule has 142 valence electrons. The van der Waals surface area contributed by atoms with Crippen LogP contribution in [0.25, 0.3) is 0 Å². The van der Waals surface area contributed by atoms with Crippen molar-refractivity contribution in [1.29, 1.82) is 0 Å². The zero-order valence-electron chi connectivity index (χ0n) is 15.0. The molecule has 1 aliphatic rings. The third-order valence-electron chi connectivity index (χ3n) is 4.35. The summed E-state index contributed by atoms with van der Waals surface area (Å²) in [5.74, 6) is 0.208. The second kappa shape index (κ2) is 7.87. The third-order valence-corrected chi connectivity index (χ3v) is 4.35. The Balaban J connectivity index is 1.30. The Kier molecular flexibility index (Phi) is 4.97. The summed E-state index contributed by atoms with van der Waals surface area (Å²) in [7, 11) is 0. The van der Waals surface area contributed by atoms with E-state index in [-0.39, 0.29) is 6.61 Å². The Bertz CT molecular complexity index is 968. The van der Waals surface area contributed by atoms with E-state index < -0.39 is 17.9 Å². The van der Waals surface area contributed by atoms with E-state index in [0.29, 0.717) is 17.1 Å². The SMILES string of the molecule is O=C(NNC(=O)C1COc2ccccc2O1)c1ccc(Cn2cccc2)cc1. The summed E-state index contributed by atoms with van der Waals surface area (Å²) in [4.78, 5) is 24.5. The molecular formula is C21H19N3O4. The predicted octanol–water partition coefficient (Wildman–Crippen LogP) is 2.14. The second-order valence-corrected chi connectivity index (χ2v) is 6.36. The molecule has 28 heavy (non-hydrogen) atoms. The van der Waals surface area contributed by atoms with E-state index in [0.717, 1.165) is 12.1 Å². The molecule has 2 amide bonds. The molecule has 4 rings (SSSR count). The molecule has 0 fully saturated rings. The van der Waals surface area contributed by atoms with Crippen LogP contribution in [-0.2, 0) is 11.3 Å². The summed E-state index contributed by atoms with van der Waals surface area (Å²) >= 11 is 0. The van der Waals surface area contributed by atoms with Crippen molar-refractivity contribution in [3.63, 3.8) is 0 Å². The molecule has 1 aromatic heterocycles. The molecule has 2 heterocycles. The number of ether oxygens (including phenoxy) is 2. The molecule has 2 N–H and O–H groups in total. The number of hydrogen-bond acceptors (Lipinski definition) is 4. The maximum absolute atomic E-state index is 12.3. The molecule has 7 nitrogen and oxygen atoms in total. The number of hydrazine groups is 1. The van der Waals surface area contributed by atoms with Gasteiger partial charge >= 0.3 is 0 Å². The fraction of sp³-hybridized carbons (Fsp3) is 0.143. The number of carbonyl (C=O) groups is 2. The summed E-state index contributed by atoms with van der Waals surface area (Å²) < 4.78 is 13.2. The van der Waals surface area contributed by atoms with Crippen molar-refractivity contribution in [2.24, 2.45) is 0 Å². The first-order chi connectivity index (χ1) is 13.7. The molecule has 7 heteroatoms. The number of nitrogens with one attached hydrogen (secondary N) is 2. The Morgan fingerprint density at radius 2 is 1.64 bits per heavy atom. The summed E-state index contributed by atoms with van der Waals surface area (Å²) in [5.41, 5.74) is 6.31. The van der Waals surface area contributed by atoms with Gasteiger partial charge < -0.3 is 14.0 Å². The third kappa shape index (κ3) is 3.98. The average Bonchev–Trinajstić information content (AvgIpc) is 3.25. The molecule has 0 bridgehead atoms.